The highest BCUT2D eigenvalue weighted by atomic mass is 16.5. The van der Waals surface area contributed by atoms with Crippen molar-refractivity contribution in [2.24, 2.45) is 0 Å². The lowest BCUT2D eigenvalue weighted by Gasteiger charge is -2.11. The van der Waals surface area contributed by atoms with Gasteiger partial charge < -0.3 is 4.74 Å². The van der Waals surface area contributed by atoms with E-state index in [0.717, 1.165) is 25.0 Å². The van der Waals surface area contributed by atoms with Gasteiger partial charge in [-0.1, -0.05) is 78.9 Å². The number of rotatable bonds is 7. The van der Waals surface area contributed by atoms with E-state index in [1.807, 2.05) is 24.3 Å². The molecule has 116 valence electrons. The van der Waals surface area contributed by atoms with E-state index in [0.29, 0.717) is 6.61 Å². The van der Waals surface area contributed by atoms with Crippen molar-refractivity contribution in [3.05, 3.63) is 102 Å². The Balaban J connectivity index is 1.57. The largest absolute Gasteiger partial charge is 0.489 e. The average molecular weight is 302 g/mol. The van der Waals surface area contributed by atoms with Crippen LogP contribution in [0, 0.1) is 0 Å². The summed E-state index contributed by atoms with van der Waals surface area (Å²) in [6.07, 6.45) is 3.28. The molecule has 1 nitrogen and oxygen atoms in total. The Hall–Kier alpha value is -2.54. The summed E-state index contributed by atoms with van der Waals surface area (Å²) in [6.45, 7) is 0.622. The molecule has 3 rings (SSSR count). The van der Waals surface area contributed by atoms with Crippen LogP contribution in [-0.4, -0.2) is 0 Å². The van der Waals surface area contributed by atoms with Gasteiger partial charge in [0, 0.05) is 0 Å². The van der Waals surface area contributed by atoms with E-state index in [1.54, 1.807) is 0 Å². The topological polar surface area (TPSA) is 9.23 Å². The van der Waals surface area contributed by atoms with Gasteiger partial charge in [-0.25, -0.2) is 0 Å². The van der Waals surface area contributed by atoms with Crippen LogP contribution in [0.5, 0.6) is 5.75 Å². The molecule has 0 fully saturated rings. The lowest BCUT2D eigenvalue weighted by atomic mass is 10.0. The molecule has 0 saturated heterocycles. The zero-order valence-electron chi connectivity index (χ0n) is 13.3. The number of ether oxygens (including phenoxy) is 1. The lowest BCUT2D eigenvalue weighted by molar-refractivity contribution is 0.302. The summed E-state index contributed by atoms with van der Waals surface area (Å²) < 4.78 is 6.03. The first-order valence-corrected chi connectivity index (χ1v) is 8.20. The molecule has 0 amide bonds. The third kappa shape index (κ3) is 4.72. The molecule has 1 heteroatoms. The molecule has 0 atom stereocenters. The van der Waals surface area contributed by atoms with Crippen LogP contribution in [0.15, 0.2) is 84.9 Å². The molecule has 3 aromatic carbocycles. The first-order chi connectivity index (χ1) is 11.4. The zero-order valence-corrected chi connectivity index (χ0v) is 13.3. The molecule has 0 bridgehead atoms. The second kappa shape index (κ2) is 8.19. The number of benzene rings is 3. The van der Waals surface area contributed by atoms with E-state index in [-0.39, 0.29) is 0 Å². The molecule has 0 unspecified atom stereocenters. The predicted molar refractivity (Wildman–Crippen MR) is 95.7 cm³/mol. The average Bonchev–Trinajstić information content (AvgIpc) is 2.63. The molecular weight excluding hydrogens is 280 g/mol. The first-order valence-electron chi connectivity index (χ1n) is 8.20. The van der Waals surface area contributed by atoms with Gasteiger partial charge in [-0.05, 0) is 42.0 Å². The van der Waals surface area contributed by atoms with Crippen LogP contribution < -0.4 is 4.74 Å². The normalized spacial score (nSPS) is 10.4. The number of aryl methyl sites for hydroxylation is 2. The summed E-state index contributed by atoms with van der Waals surface area (Å²) in [7, 11) is 0. The summed E-state index contributed by atoms with van der Waals surface area (Å²) >= 11 is 0. The smallest absolute Gasteiger partial charge is 0.122 e. The maximum absolute atomic E-state index is 6.03. The molecule has 0 saturated carbocycles. The Kier molecular flexibility index (Phi) is 5.47. The van der Waals surface area contributed by atoms with Gasteiger partial charge in [0.25, 0.3) is 0 Å². The number of hydrogen-bond acceptors (Lipinski definition) is 1. The molecule has 0 radical (unpaired) electrons. The molecule has 0 N–H and O–H groups in total. The number of hydrogen-bond donors (Lipinski definition) is 0. The van der Waals surface area contributed by atoms with Crippen LogP contribution in [-0.2, 0) is 19.4 Å². The fraction of sp³-hybridized carbons (Fsp3) is 0.182. The van der Waals surface area contributed by atoms with Crippen molar-refractivity contribution in [3.63, 3.8) is 0 Å². The highest BCUT2D eigenvalue weighted by molar-refractivity contribution is 5.34. The summed E-state index contributed by atoms with van der Waals surface area (Å²) in [5.74, 6) is 1.00. The van der Waals surface area contributed by atoms with Gasteiger partial charge in [0.15, 0.2) is 0 Å². The molecular formula is C22H22O. The van der Waals surface area contributed by atoms with Crippen molar-refractivity contribution in [1.82, 2.24) is 0 Å². The van der Waals surface area contributed by atoms with Crippen LogP contribution in [0.4, 0.5) is 0 Å². The third-order valence-electron chi connectivity index (χ3n) is 3.96. The SMILES string of the molecule is c1ccc(CCCc2ccccc2OCc2ccccc2)cc1. The standard InChI is InChI=1S/C22H22O/c1-3-10-19(11-4-1)14-9-16-21-15-7-8-17-22(21)23-18-20-12-5-2-6-13-20/h1-8,10-13,15,17H,9,14,16,18H2. The van der Waals surface area contributed by atoms with Crippen LogP contribution >= 0.6 is 0 Å². The fourth-order valence-electron chi connectivity index (χ4n) is 2.71. The van der Waals surface area contributed by atoms with Crippen molar-refractivity contribution < 1.29 is 4.74 Å². The van der Waals surface area contributed by atoms with Crippen molar-refractivity contribution in [1.29, 1.82) is 0 Å². The Morgan fingerprint density at radius 3 is 1.91 bits per heavy atom. The highest BCUT2D eigenvalue weighted by Crippen LogP contribution is 2.21. The Bertz CT molecular complexity index is 704. The van der Waals surface area contributed by atoms with Gasteiger partial charge in [0.05, 0.1) is 0 Å². The highest BCUT2D eigenvalue weighted by Gasteiger charge is 2.04. The molecule has 0 spiro atoms. The summed E-state index contributed by atoms with van der Waals surface area (Å²) in [5, 5.41) is 0. The Morgan fingerprint density at radius 2 is 1.17 bits per heavy atom. The van der Waals surface area contributed by atoms with Gasteiger partial charge in [0.2, 0.25) is 0 Å². The monoisotopic (exact) mass is 302 g/mol. The molecule has 23 heavy (non-hydrogen) atoms. The van der Waals surface area contributed by atoms with E-state index in [1.165, 1.54) is 16.7 Å². The fourth-order valence-corrected chi connectivity index (χ4v) is 2.71. The van der Waals surface area contributed by atoms with Gasteiger partial charge in [-0.15, -0.1) is 0 Å². The van der Waals surface area contributed by atoms with E-state index < -0.39 is 0 Å². The molecule has 0 heterocycles. The molecule has 3 aromatic rings. The zero-order chi connectivity index (χ0) is 15.7. The molecule has 0 aliphatic rings. The van der Waals surface area contributed by atoms with Gasteiger partial charge in [0.1, 0.15) is 12.4 Å². The summed E-state index contributed by atoms with van der Waals surface area (Å²) in [5.41, 5.74) is 3.89. The lowest BCUT2D eigenvalue weighted by Crippen LogP contribution is -1.99. The maximum atomic E-state index is 6.03. The van der Waals surface area contributed by atoms with Gasteiger partial charge >= 0.3 is 0 Å². The van der Waals surface area contributed by atoms with Crippen molar-refractivity contribution in [2.45, 2.75) is 25.9 Å². The molecule has 0 aliphatic heterocycles. The van der Waals surface area contributed by atoms with E-state index in [4.69, 9.17) is 4.74 Å². The van der Waals surface area contributed by atoms with Crippen molar-refractivity contribution >= 4 is 0 Å². The van der Waals surface area contributed by atoms with Crippen molar-refractivity contribution in [2.75, 3.05) is 0 Å². The van der Waals surface area contributed by atoms with E-state index >= 15 is 0 Å². The third-order valence-corrected chi connectivity index (χ3v) is 3.96. The maximum Gasteiger partial charge on any atom is 0.122 e. The minimum Gasteiger partial charge on any atom is -0.489 e. The second-order valence-corrected chi connectivity index (χ2v) is 5.72. The molecule has 0 aliphatic carbocycles. The molecule has 0 aromatic heterocycles. The van der Waals surface area contributed by atoms with Crippen molar-refractivity contribution in [3.8, 4) is 5.75 Å². The quantitative estimate of drug-likeness (QED) is 0.564. The summed E-state index contributed by atoms with van der Waals surface area (Å²) in [6, 6.07) is 29.3. The summed E-state index contributed by atoms with van der Waals surface area (Å²) in [4.78, 5) is 0. The Morgan fingerprint density at radius 1 is 0.565 bits per heavy atom. The van der Waals surface area contributed by atoms with Gasteiger partial charge in [-0.3, -0.25) is 0 Å². The van der Waals surface area contributed by atoms with Crippen LogP contribution in [0.1, 0.15) is 23.1 Å². The Labute approximate surface area is 138 Å². The van der Waals surface area contributed by atoms with Crippen LogP contribution in [0.3, 0.4) is 0 Å². The van der Waals surface area contributed by atoms with E-state index in [9.17, 15) is 0 Å². The van der Waals surface area contributed by atoms with E-state index in [2.05, 4.69) is 60.7 Å². The minimum atomic E-state index is 0.622. The predicted octanol–water partition coefficient (Wildman–Crippen LogP) is 5.44. The second-order valence-electron chi connectivity index (χ2n) is 5.72. The van der Waals surface area contributed by atoms with Gasteiger partial charge in [-0.2, -0.15) is 0 Å². The number of para-hydroxylation sites is 1. The van der Waals surface area contributed by atoms with Crippen LogP contribution in [0.2, 0.25) is 0 Å². The van der Waals surface area contributed by atoms with Crippen LogP contribution in [0.25, 0.3) is 0 Å². The first kappa shape index (κ1) is 15.4. The minimum absolute atomic E-state index is 0.622.